The summed E-state index contributed by atoms with van der Waals surface area (Å²) in [6.07, 6.45) is 2.48. The maximum absolute atomic E-state index is 13.7. The third kappa shape index (κ3) is 5.31. The number of aryl methyl sites for hydroxylation is 2. The van der Waals surface area contributed by atoms with Crippen molar-refractivity contribution < 1.29 is 22.8 Å². The Morgan fingerprint density at radius 2 is 1.85 bits per heavy atom. The van der Waals surface area contributed by atoms with Crippen molar-refractivity contribution in [2.75, 3.05) is 30.5 Å². The van der Waals surface area contributed by atoms with E-state index in [4.69, 9.17) is 9.26 Å². The molecular formula is C24H29N3O5S. The van der Waals surface area contributed by atoms with E-state index >= 15 is 0 Å². The first kappa shape index (κ1) is 23.1. The topological polar surface area (TPSA) is 96.1 Å². The van der Waals surface area contributed by atoms with Gasteiger partial charge in [0.05, 0.1) is 12.2 Å². The van der Waals surface area contributed by atoms with E-state index in [0.29, 0.717) is 29.3 Å². The van der Waals surface area contributed by atoms with Crippen LogP contribution in [0.25, 0.3) is 0 Å². The van der Waals surface area contributed by atoms with Crippen LogP contribution in [0.2, 0.25) is 0 Å². The molecule has 1 saturated heterocycles. The van der Waals surface area contributed by atoms with Gasteiger partial charge in [-0.1, -0.05) is 17.3 Å². The number of hydrogen-bond acceptors (Lipinski definition) is 7. The number of rotatable bonds is 9. The Balaban J connectivity index is 1.59. The molecule has 33 heavy (non-hydrogen) atoms. The molecule has 3 aromatic rings. The van der Waals surface area contributed by atoms with Gasteiger partial charge in [0.1, 0.15) is 23.8 Å². The molecule has 0 atom stereocenters. The van der Waals surface area contributed by atoms with Crippen LogP contribution < -0.4 is 9.04 Å². The van der Waals surface area contributed by atoms with Gasteiger partial charge < -0.3 is 14.4 Å². The van der Waals surface area contributed by atoms with Gasteiger partial charge in [0, 0.05) is 6.54 Å². The standard InChI is InChI=1S/C24H29N3O5S/c1-18-24(19(2)32-25-18)33(29,30)27(17-20-6-5-7-22(28)16-20)21-8-10-23(11-9-21)31-15-14-26-12-3-4-13-26/h5-11,16,28H,3-4,12-15,17H2,1-2H3. The minimum atomic E-state index is -3.98. The van der Waals surface area contributed by atoms with Crippen LogP contribution in [0.3, 0.4) is 0 Å². The highest BCUT2D eigenvalue weighted by Gasteiger charge is 2.31. The number of phenols is 1. The number of hydrogen-bond donors (Lipinski definition) is 1. The third-order valence-corrected chi connectivity index (χ3v) is 7.77. The third-order valence-electron chi connectivity index (χ3n) is 5.75. The first-order valence-electron chi connectivity index (χ1n) is 11.0. The Hall–Kier alpha value is -3.04. The van der Waals surface area contributed by atoms with E-state index in [-0.39, 0.29) is 22.9 Å². The fourth-order valence-corrected chi connectivity index (χ4v) is 5.85. The molecule has 2 aromatic carbocycles. The molecule has 0 saturated carbocycles. The Kier molecular flexibility index (Phi) is 6.90. The molecule has 1 aliphatic heterocycles. The summed E-state index contributed by atoms with van der Waals surface area (Å²) in [5.41, 5.74) is 1.43. The Bertz CT molecular complexity index is 1170. The molecule has 4 rings (SSSR count). The van der Waals surface area contributed by atoms with Crippen molar-refractivity contribution in [1.82, 2.24) is 10.1 Å². The Morgan fingerprint density at radius 3 is 2.48 bits per heavy atom. The predicted octanol–water partition coefficient (Wildman–Crippen LogP) is 3.87. The maximum atomic E-state index is 13.7. The predicted molar refractivity (Wildman–Crippen MR) is 125 cm³/mol. The summed E-state index contributed by atoms with van der Waals surface area (Å²) >= 11 is 0. The molecule has 0 aliphatic carbocycles. The number of nitrogens with zero attached hydrogens (tertiary/aromatic N) is 3. The zero-order valence-electron chi connectivity index (χ0n) is 18.9. The molecule has 0 amide bonds. The van der Waals surface area contributed by atoms with Gasteiger partial charge in [0.2, 0.25) is 0 Å². The Labute approximate surface area is 194 Å². The number of phenolic OH excluding ortho intramolecular Hbond substituents is 1. The molecular weight excluding hydrogens is 442 g/mol. The lowest BCUT2D eigenvalue weighted by Crippen LogP contribution is -2.31. The summed E-state index contributed by atoms with van der Waals surface area (Å²) in [6.45, 7) is 6.92. The van der Waals surface area contributed by atoms with Gasteiger partial charge in [-0.25, -0.2) is 8.42 Å². The van der Waals surface area contributed by atoms with Gasteiger partial charge in [-0.05, 0) is 81.7 Å². The van der Waals surface area contributed by atoms with Crippen molar-refractivity contribution in [3.63, 3.8) is 0 Å². The van der Waals surface area contributed by atoms with Crippen LogP contribution in [0.4, 0.5) is 5.69 Å². The van der Waals surface area contributed by atoms with Gasteiger partial charge >= 0.3 is 0 Å². The van der Waals surface area contributed by atoms with Crippen LogP contribution in [0.1, 0.15) is 29.9 Å². The normalized spacial score (nSPS) is 14.5. The number of anilines is 1. The fourth-order valence-electron chi connectivity index (χ4n) is 4.10. The molecule has 1 N–H and O–H groups in total. The smallest absolute Gasteiger partial charge is 0.270 e. The van der Waals surface area contributed by atoms with Crippen LogP contribution in [-0.2, 0) is 16.6 Å². The quantitative estimate of drug-likeness (QED) is 0.506. The van der Waals surface area contributed by atoms with Crippen molar-refractivity contribution in [3.05, 3.63) is 65.5 Å². The van der Waals surface area contributed by atoms with Crippen molar-refractivity contribution in [1.29, 1.82) is 0 Å². The number of likely N-dealkylation sites (tertiary alicyclic amines) is 1. The average molecular weight is 472 g/mol. The van der Waals surface area contributed by atoms with E-state index in [1.54, 1.807) is 62.4 Å². The second kappa shape index (κ2) is 9.84. The highest BCUT2D eigenvalue weighted by molar-refractivity contribution is 7.92. The van der Waals surface area contributed by atoms with Crippen LogP contribution in [0, 0.1) is 13.8 Å². The highest BCUT2D eigenvalue weighted by Crippen LogP contribution is 2.31. The van der Waals surface area contributed by atoms with Crippen molar-refractivity contribution >= 4 is 15.7 Å². The first-order valence-corrected chi connectivity index (χ1v) is 12.5. The van der Waals surface area contributed by atoms with Gasteiger partial charge in [-0.3, -0.25) is 9.21 Å². The average Bonchev–Trinajstić information content (AvgIpc) is 3.42. The second-order valence-electron chi connectivity index (χ2n) is 8.23. The summed E-state index contributed by atoms with van der Waals surface area (Å²) in [5.74, 6) is 0.990. The minimum absolute atomic E-state index is 0.0377. The summed E-state index contributed by atoms with van der Waals surface area (Å²) in [7, 11) is -3.98. The largest absolute Gasteiger partial charge is 0.508 e. The number of sulfonamides is 1. The summed E-state index contributed by atoms with van der Waals surface area (Å²) in [4.78, 5) is 2.43. The zero-order valence-corrected chi connectivity index (χ0v) is 19.7. The molecule has 176 valence electrons. The highest BCUT2D eigenvalue weighted by atomic mass is 32.2. The van der Waals surface area contributed by atoms with Crippen LogP contribution in [0.5, 0.6) is 11.5 Å². The summed E-state index contributed by atoms with van der Waals surface area (Å²) in [5, 5.41) is 13.7. The molecule has 8 nitrogen and oxygen atoms in total. The SMILES string of the molecule is Cc1noc(C)c1S(=O)(=O)N(Cc1cccc(O)c1)c1ccc(OCCN2CCCC2)cc1. The molecule has 0 spiro atoms. The van der Waals surface area contributed by atoms with E-state index < -0.39 is 10.0 Å². The van der Waals surface area contributed by atoms with E-state index in [2.05, 4.69) is 10.1 Å². The number of ether oxygens (including phenoxy) is 1. The maximum Gasteiger partial charge on any atom is 0.270 e. The number of benzene rings is 2. The minimum Gasteiger partial charge on any atom is -0.508 e. The van der Waals surface area contributed by atoms with E-state index in [1.165, 1.54) is 17.1 Å². The lowest BCUT2D eigenvalue weighted by Gasteiger charge is -2.25. The number of aromatic nitrogens is 1. The molecule has 0 radical (unpaired) electrons. The van der Waals surface area contributed by atoms with Crippen LogP contribution in [0.15, 0.2) is 57.9 Å². The summed E-state index contributed by atoms with van der Waals surface area (Å²) in [6, 6.07) is 13.5. The molecule has 0 bridgehead atoms. The molecule has 1 fully saturated rings. The molecule has 1 aromatic heterocycles. The molecule has 1 aliphatic rings. The van der Waals surface area contributed by atoms with Gasteiger partial charge in [-0.15, -0.1) is 0 Å². The lowest BCUT2D eigenvalue weighted by atomic mass is 10.2. The Morgan fingerprint density at radius 1 is 1.12 bits per heavy atom. The first-order chi connectivity index (χ1) is 15.8. The van der Waals surface area contributed by atoms with E-state index in [1.807, 2.05) is 0 Å². The molecule has 2 heterocycles. The fraction of sp³-hybridized carbons (Fsp3) is 0.375. The van der Waals surface area contributed by atoms with Crippen LogP contribution in [-0.4, -0.2) is 49.8 Å². The van der Waals surface area contributed by atoms with Crippen molar-refractivity contribution in [3.8, 4) is 11.5 Å². The van der Waals surface area contributed by atoms with Gasteiger partial charge in [-0.2, -0.15) is 0 Å². The van der Waals surface area contributed by atoms with Gasteiger partial charge in [0.25, 0.3) is 10.0 Å². The van der Waals surface area contributed by atoms with Crippen LogP contribution >= 0.6 is 0 Å². The summed E-state index contributed by atoms with van der Waals surface area (Å²) < 4.78 is 39.6. The monoisotopic (exact) mass is 471 g/mol. The molecule has 0 unspecified atom stereocenters. The molecule has 9 heteroatoms. The van der Waals surface area contributed by atoms with Gasteiger partial charge in [0.15, 0.2) is 10.7 Å². The van der Waals surface area contributed by atoms with E-state index in [0.717, 1.165) is 19.6 Å². The van der Waals surface area contributed by atoms with E-state index in [9.17, 15) is 13.5 Å². The zero-order chi connectivity index (χ0) is 23.4. The lowest BCUT2D eigenvalue weighted by molar-refractivity contribution is 0.238. The van der Waals surface area contributed by atoms with Crippen molar-refractivity contribution in [2.24, 2.45) is 0 Å². The van der Waals surface area contributed by atoms with Crippen molar-refractivity contribution in [2.45, 2.75) is 38.1 Å². The number of aromatic hydroxyl groups is 1. The second-order valence-corrected chi connectivity index (χ2v) is 10.0.